The van der Waals surface area contributed by atoms with Crippen molar-refractivity contribution in [2.45, 2.75) is 44.7 Å². The van der Waals surface area contributed by atoms with E-state index in [0.717, 1.165) is 37.0 Å². The van der Waals surface area contributed by atoms with Gasteiger partial charge in [0.1, 0.15) is 5.78 Å². The molecule has 1 fully saturated rings. The number of carbonyl (C=O) groups is 1. The molecule has 1 saturated carbocycles. The van der Waals surface area contributed by atoms with Gasteiger partial charge in [-0.1, -0.05) is 25.5 Å². The molecule has 0 aromatic heterocycles. The molecule has 0 spiro atoms. The van der Waals surface area contributed by atoms with Gasteiger partial charge in [-0.25, -0.2) is 0 Å². The number of hydrogen-bond acceptors (Lipinski definition) is 1. The van der Waals surface area contributed by atoms with E-state index in [1.54, 1.807) is 0 Å². The van der Waals surface area contributed by atoms with Gasteiger partial charge in [-0.15, -0.1) is 0 Å². The largest absolute Gasteiger partial charge is 0.416 e. The Labute approximate surface area is 110 Å². The minimum Gasteiger partial charge on any atom is -0.299 e. The first kappa shape index (κ1) is 14.1. The molecule has 1 aliphatic rings. The summed E-state index contributed by atoms with van der Waals surface area (Å²) in [6, 6.07) is 5.18. The zero-order valence-corrected chi connectivity index (χ0v) is 10.8. The molecule has 104 valence electrons. The first-order valence-electron chi connectivity index (χ1n) is 6.59. The van der Waals surface area contributed by atoms with Crippen LogP contribution in [-0.4, -0.2) is 5.78 Å². The van der Waals surface area contributed by atoms with Crippen molar-refractivity contribution < 1.29 is 18.0 Å². The highest BCUT2D eigenvalue weighted by Gasteiger charge is 2.31. The Kier molecular flexibility index (Phi) is 3.97. The summed E-state index contributed by atoms with van der Waals surface area (Å²) in [5.41, 5.74) is 0.173. The van der Waals surface area contributed by atoms with E-state index in [1.807, 2.05) is 6.92 Å². The predicted molar refractivity (Wildman–Crippen MR) is 66.8 cm³/mol. The Morgan fingerprint density at radius 1 is 1.16 bits per heavy atom. The topological polar surface area (TPSA) is 17.1 Å². The number of rotatable bonds is 2. The molecule has 0 saturated heterocycles. The maximum Gasteiger partial charge on any atom is 0.416 e. The fourth-order valence-corrected chi connectivity index (χ4v) is 2.75. The van der Waals surface area contributed by atoms with Crippen molar-refractivity contribution in [1.82, 2.24) is 0 Å². The van der Waals surface area contributed by atoms with Gasteiger partial charge < -0.3 is 0 Å². The lowest BCUT2D eigenvalue weighted by Gasteiger charge is -2.26. The molecule has 0 bridgehead atoms. The summed E-state index contributed by atoms with van der Waals surface area (Å²) in [5, 5.41) is 0. The molecule has 19 heavy (non-hydrogen) atoms. The maximum atomic E-state index is 12.5. The molecule has 2 rings (SSSR count). The van der Waals surface area contributed by atoms with Crippen LogP contribution in [0, 0.1) is 5.92 Å². The third kappa shape index (κ3) is 3.17. The fourth-order valence-electron chi connectivity index (χ4n) is 2.75. The molecule has 1 aromatic rings. The van der Waals surface area contributed by atoms with Gasteiger partial charge in [-0.3, -0.25) is 4.79 Å². The Morgan fingerprint density at radius 2 is 1.79 bits per heavy atom. The SMILES string of the molecule is CC(c1ccc(C(F)(F)F)cc1)C1CCCCC1=O. The third-order valence-electron chi connectivity index (χ3n) is 3.97. The highest BCUT2D eigenvalue weighted by atomic mass is 19.4. The molecular formula is C15H17F3O. The number of Topliss-reactive ketones (excluding diaryl/α,β-unsaturated/α-hetero) is 1. The van der Waals surface area contributed by atoms with Gasteiger partial charge in [0.05, 0.1) is 5.56 Å². The summed E-state index contributed by atoms with van der Waals surface area (Å²) < 4.78 is 37.4. The van der Waals surface area contributed by atoms with Gasteiger partial charge in [0.2, 0.25) is 0 Å². The number of hydrogen-bond donors (Lipinski definition) is 0. The van der Waals surface area contributed by atoms with E-state index >= 15 is 0 Å². The van der Waals surface area contributed by atoms with Gasteiger partial charge in [0.25, 0.3) is 0 Å². The smallest absolute Gasteiger partial charge is 0.299 e. The van der Waals surface area contributed by atoms with Crippen LogP contribution in [0.15, 0.2) is 24.3 Å². The fraction of sp³-hybridized carbons (Fsp3) is 0.533. The molecule has 0 amide bonds. The third-order valence-corrected chi connectivity index (χ3v) is 3.97. The van der Waals surface area contributed by atoms with Crippen molar-refractivity contribution in [3.63, 3.8) is 0 Å². The van der Waals surface area contributed by atoms with Crippen LogP contribution >= 0.6 is 0 Å². The molecule has 1 nitrogen and oxygen atoms in total. The molecule has 1 aromatic carbocycles. The average molecular weight is 270 g/mol. The second-order valence-electron chi connectivity index (χ2n) is 5.23. The number of halogens is 3. The normalized spacial score (nSPS) is 22.3. The van der Waals surface area contributed by atoms with E-state index in [-0.39, 0.29) is 17.6 Å². The van der Waals surface area contributed by atoms with Crippen molar-refractivity contribution in [1.29, 1.82) is 0 Å². The Bertz CT molecular complexity index is 447. The minimum atomic E-state index is -4.30. The van der Waals surface area contributed by atoms with E-state index in [2.05, 4.69) is 0 Å². The summed E-state index contributed by atoms with van der Waals surface area (Å²) in [5.74, 6) is 0.208. The lowest BCUT2D eigenvalue weighted by Crippen LogP contribution is -2.24. The van der Waals surface area contributed by atoms with Crippen molar-refractivity contribution in [2.75, 3.05) is 0 Å². The monoisotopic (exact) mass is 270 g/mol. The first-order chi connectivity index (χ1) is 8.89. The van der Waals surface area contributed by atoms with E-state index in [1.165, 1.54) is 12.1 Å². The molecule has 0 heterocycles. The lowest BCUT2D eigenvalue weighted by molar-refractivity contribution is -0.137. The Hall–Kier alpha value is -1.32. The zero-order valence-electron chi connectivity index (χ0n) is 10.8. The van der Waals surface area contributed by atoms with Gasteiger partial charge >= 0.3 is 6.18 Å². The molecule has 0 N–H and O–H groups in total. The molecule has 2 unspecified atom stereocenters. The van der Waals surface area contributed by atoms with Crippen LogP contribution in [0.1, 0.15) is 49.7 Å². The number of benzene rings is 1. The maximum absolute atomic E-state index is 12.5. The molecule has 0 aliphatic heterocycles. The van der Waals surface area contributed by atoms with Crippen LogP contribution in [0.3, 0.4) is 0 Å². The number of ketones is 1. The van der Waals surface area contributed by atoms with Crippen LogP contribution in [0.4, 0.5) is 13.2 Å². The van der Waals surface area contributed by atoms with Gasteiger partial charge in [0.15, 0.2) is 0 Å². The highest BCUT2D eigenvalue weighted by Crippen LogP contribution is 2.35. The molecular weight excluding hydrogens is 253 g/mol. The first-order valence-corrected chi connectivity index (χ1v) is 6.59. The van der Waals surface area contributed by atoms with Crippen molar-refractivity contribution in [2.24, 2.45) is 5.92 Å². The van der Waals surface area contributed by atoms with Crippen molar-refractivity contribution in [3.05, 3.63) is 35.4 Å². The number of carbonyl (C=O) groups excluding carboxylic acids is 1. The van der Waals surface area contributed by atoms with E-state index < -0.39 is 11.7 Å². The second kappa shape index (κ2) is 5.35. The van der Waals surface area contributed by atoms with Crippen LogP contribution in [-0.2, 0) is 11.0 Å². The summed E-state index contributed by atoms with van der Waals surface area (Å²) in [4.78, 5) is 11.9. The van der Waals surface area contributed by atoms with Crippen LogP contribution in [0.5, 0.6) is 0 Å². The second-order valence-corrected chi connectivity index (χ2v) is 5.23. The molecule has 0 radical (unpaired) electrons. The average Bonchev–Trinajstić information content (AvgIpc) is 2.38. The summed E-state index contributed by atoms with van der Waals surface area (Å²) in [6.45, 7) is 1.93. The molecule has 1 aliphatic carbocycles. The molecule has 4 heteroatoms. The van der Waals surface area contributed by atoms with Crippen molar-refractivity contribution >= 4 is 5.78 Å². The lowest BCUT2D eigenvalue weighted by atomic mass is 9.77. The van der Waals surface area contributed by atoms with Gasteiger partial charge in [-0.2, -0.15) is 13.2 Å². The van der Waals surface area contributed by atoms with Crippen molar-refractivity contribution in [3.8, 4) is 0 Å². The van der Waals surface area contributed by atoms with Crippen LogP contribution in [0.2, 0.25) is 0 Å². The number of alkyl halides is 3. The standard InChI is InChI=1S/C15H17F3O/c1-10(13-4-2-3-5-14(13)19)11-6-8-12(9-7-11)15(16,17)18/h6-10,13H,2-5H2,1H3. The van der Waals surface area contributed by atoms with E-state index in [4.69, 9.17) is 0 Å². The Balaban J connectivity index is 2.15. The zero-order chi connectivity index (χ0) is 14.0. The molecule has 2 atom stereocenters. The summed E-state index contributed by atoms with van der Waals surface area (Å²) >= 11 is 0. The highest BCUT2D eigenvalue weighted by molar-refractivity contribution is 5.82. The van der Waals surface area contributed by atoms with Crippen LogP contribution < -0.4 is 0 Å². The van der Waals surface area contributed by atoms with Crippen LogP contribution in [0.25, 0.3) is 0 Å². The summed E-state index contributed by atoms with van der Waals surface area (Å²) in [6.07, 6.45) is -0.879. The van der Waals surface area contributed by atoms with E-state index in [0.29, 0.717) is 6.42 Å². The Morgan fingerprint density at radius 3 is 2.32 bits per heavy atom. The quantitative estimate of drug-likeness (QED) is 0.769. The van der Waals surface area contributed by atoms with E-state index in [9.17, 15) is 18.0 Å². The van der Waals surface area contributed by atoms with Gasteiger partial charge in [-0.05, 0) is 36.5 Å². The predicted octanol–water partition coefficient (Wildman–Crippen LogP) is 4.57. The minimum absolute atomic E-state index is 0.00455. The summed E-state index contributed by atoms with van der Waals surface area (Å²) in [7, 11) is 0. The van der Waals surface area contributed by atoms with Gasteiger partial charge in [0, 0.05) is 12.3 Å².